The van der Waals surface area contributed by atoms with Gasteiger partial charge in [-0.1, -0.05) is 18.2 Å². The summed E-state index contributed by atoms with van der Waals surface area (Å²) in [6.45, 7) is 1.77. The Labute approximate surface area is 147 Å². The van der Waals surface area contributed by atoms with Crippen molar-refractivity contribution in [1.82, 2.24) is 10.6 Å². The zero-order valence-electron chi connectivity index (χ0n) is 13.7. The molecule has 2 aromatic rings. The standard InChI is InChI=1S/C18H21N3O3S/c22-18(20-16-5-4-12-19-13-16)14-8-10-15(11-9-14)21-25(23,24)17-6-2-1-3-7-17/h1-3,6-11,16,19,21H,4-5,12-13H2,(H,20,22). The molecule has 1 unspecified atom stereocenters. The molecular formula is C18H21N3O3S. The maximum Gasteiger partial charge on any atom is 0.261 e. The van der Waals surface area contributed by atoms with E-state index < -0.39 is 10.0 Å². The molecule has 132 valence electrons. The van der Waals surface area contributed by atoms with Gasteiger partial charge in [-0.25, -0.2) is 8.42 Å². The highest BCUT2D eigenvalue weighted by Crippen LogP contribution is 2.16. The number of carbonyl (C=O) groups is 1. The number of nitrogens with one attached hydrogen (secondary N) is 3. The number of sulfonamides is 1. The maximum atomic E-state index is 12.3. The van der Waals surface area contributed by atoms with Gasteiger partial charge in [0, 0.05) is 23.8 Å². The van der Waals surface area contributed by atoms with Crippen molar-refractivity contribution >= 4 is 21.6 Å². The molecule has 3 N–H and O–H groups in total. The highest BCUT2D eigenvalue weighted by molar-refractivity contribution is 7.92. The van der Waals surface area contributed by atoms with Crippen LogP contribution in [0.5, 0.6) is 0 Å². The SMILES string of the molecule is O=C(NC1CCCNC1)c1ccc(NS(=O)(=O)c2ccccc2)cc1. The van der Waals surface area contributed by atoms with Crippen LogP contribution in [0.4, 0.5) is 5.69 Å². The van der Waals surface area contributed by atoms with Crippen molar-refractivity contribution in [3.63, 3.8) is 0 Å². The average molecular weight is 359 g/mol. The molecule has 2 aromatic carbocycles. The van der Waals surface area contributed by atoms with Crippen LogP contribution in [-0.4, -0.2) is 33.5 Å². The summed E-state index contributed by atoms with van der Waals surface area (Å²) in [5.74, 6) is -0.147. The number of benzene rings is 2. The quantitative estimate of drug-likeness (QED) is 0.762. The fraction of sp³-hybridized carbons (Fsp3) is 0.278. The molecule has 1 heterocycles. The van der Waals surface area contributed by atoms with Gasteiger partial charge in [0.25, 0.3) is 15.9 Å². The van der Waals surface area contributed by atoms with Gasteiger partial charge in [0.05, 0.1) is 4.90 Å². The Balaban J connectivity index is 1.65. The van der Waals surface area contributed by atoms with Crippen LogP contribution < -0.4 is 15.4 Å². The minimum atomic E-state index is -3.63. The van der Waals surface area contributed by atoms with E-state index in [9.17, 15) is 13.2 Å². The fourth-order valence-corrected chi connectivity index (χ4v) is 3.83. The topological polar surface area (TPSA) is 87.3 Å². The summed E-state index contributed by atoms with van der Waals surface area (Å²) in [6, 6.07) is 14.7. The van der Waals surface area contributed by atoms with Crippen molar-refractivity contribution < 1.29 is 13.2 Å². The van der Waals surface area contributed by atoms with Crippen molar-refractivity contribution in [2.45, 2.75) is 23.8 Å². The first-order chi connectivity index (χ1) is 12.0. The summed E-state index contributed by atoms with van der Waals surface area (Å²) in [6.07, 6.45) is 2.01. The second-order valence-corrected chi connectivity index (χ2v) is 7.70. The van der Waals surface area contributed by atoms with Gasteiger partial charge in [0.15, 0.2) is 0 Å². The zero-order chi connectivity index (χ0) is 17.7. The molecule has 1 aliphatic heterocycles. The normalized spacial score (nSPS) is 17.7. The minimum Gasteiger partial charge on any atom is -0.348 e. The largest absolute Gasteiger partial charge is 0.348 e. The average Bonchev–Trinajstić information content (AvgIpc) is 2.63. The van der Waals surface area contributed by atoms with E-state index in [2.05, 4.69) is 15.4 Å². The summed E-state index contributed by atoms with van der Waals surface area (Å²) in [7, 11) is -3.63. The number of carbonyl (C=O) groups excluding carboxylic acids is 1. The van der Waals surface area contributed by atoms with E-state index in [1.165, 1.54) is 12.1 Å². The lowest BCUT2D eigenvalue weighted by Gasteiger charge is -2.23. The molecule has 1 fully saturated rings. The predicted molar refractivity (Wildman–Crippen MR) is 97.1 cm³/mol. The minimum absolute atomic E-state index is 0.137. The highest BCUT2D eigenvalue weighted by atomic mass is 32.2. The summed E-state index contributed by atoms with van der Waals surface area (Å²) in [4.78, 5) is 12.4. The number of amides is 1. The van der Waals surface area contributed by atoms with Crippen LogP contribution in [0.2, 0.25) is 0 Å². The van der Waals surface area contributed by atoms with Crippen molar-refractivity contribution in [1.29, 1.82) is 0 Å². The molecule has 0 aliphatic carbocycles. The molecule has 1 aliphatic rings. The Morgan fingerprint density at radius 3 is 2.40 bits per heavy atom. The third-order valence-electron chi connectivity index (χ3n) is 4.08. The molecule has 0 radical (unpaired) electrons. The summed E-state index contributed by atoms with van der Waals surface area (Å²) in [5.41, 5.74) is 0.924. The highest BCUT2D eigenvalue weighted by Gasteiger charge is 2.17. The third kappa shape index (κ3) is 4.58. The second-order valence-electron chi connectivity index (χ2n) is 6.01. The van der Waals surface area contributed by atoms with Crippen LogP contribution in [0, 0.1) is 0 Å². The van der Waals surface area contributed by atoms with Crippen molar-refractivity contribution in [3.8, 4) is 0 Å². The second kappa shape index (κ2) is 7.67. The van der Waals surface area contributed by atoms with Gasteiger partial charge in [-0.05, 0) is 55.8 Å². The summed E-state index contributed by atoms with van der Waals surface area (Å²) in [5, 5.41) is 6.24. The van der Waals surface area contributed by atoms with Gasteiger partial charge < -0.3 is 10.6 Å². The van der Waals surface area contributed by atoms with E-state index in [-0.39, 0.29) is 16.8 Å². The molecule has 7 heteroatoms. The molecule has 1 saturated heterocycles. The molecular weight excluding hydrogens is 338 g/mol. The lowest BCUT2D eigenvalue weighted by atomic mass is 10.1. The first kappa shape index (κ1) is 17.4. The van der Waals surface area contributed by atoms with Crippen LogP contribution in [0.1, 0.15) is 23.2 Å². The molecule has 0 aromatic heterocycles. The molecule has 0 spiro atoms. The van der Waals surface area contributed by atoms with Gasteiger partial charge in [0.2, 0.25) is 0 Å². The molecule has 6 nitrogen and oxygen atoms in total. The molecule has 1 atom stereocenters. The molecule has 1 amide bonds. The van der Waals surface area contributed by atoms with Gasteiger partial charge in [0.1, 0.15) is 0 Å². The zero-order valence-corrected chi connectivity index (χ0v) is 14.6. The van der Waals surface area contributed by atoms with Crippen LogP contribution in [0.15, 0.2) is 59.5 Å². The Hall–Kier alpha value is -2.38. The van der Waals surface area contributed by atoms with Crippen LogP contribution >= 0.6 is 0 Å². The Bertz CT molecular complexity index is 814. The van der Waals surface area contributed by atoms with Crippen LogP contribution in [-0.2, 0) is 10.0 Å². The lowest BCUT2D eigenvalue weighted by molar-refractivity contribution is 0.0930. The first-order valence-corrected chi connectivity index (χ1v) is 9.72. The molecule has 0 saturated carbocycles. The van der Waals surface area contributed by atoms with Crippen molar-refractivity contribution in [2.75, 3.05) is 17.8 Å². The maximum absolute atomic E-state index is 12.3. The van der Waals surface area contributed by atoms with Crippen molar-refractivity contribution in [2.24, 2.45) is 0 Å². The van der Waals surface area contributed by atoms with E-state index >= 15 is 0 Å². The van der Waals surface area contributed by atoms with E-state index in [1.54, 1.807) is 42.5 Å². The van der Waals surface area contributed by atoms with Gasteiger partial charge >= 0.3 is 0 Å². The Morgan fingerprint density at radius 1 is 1.04 bits per heavy atom. The Morgan fingerprint density at radius 2 is 1.76 bits per heavy atom. The van der Waals surface area contributed by atoms with E-state index in [4.69, 9.17) is 0 Å². The smallest absolute Gasteiger partial charge is 0.261 e. The number of hydrogen-bond acceptors (Lipinski definition) is 4. The van der Waals surface area contributed by atoms with Gasteiger partial charge in [-0.2, -0.15) is 0 Å². The van der Waals surface area contributed by atoms with Gasteiger partial charge in [-0.15, -0.1) is 0 Å². The summed E-state index contributed by atoms with van der Waals surface area (Å²) < 4.78 is 27.1. The molecule has 3 rings (SSSR count). The molecule has 25 heavy (non-hydrogen) atoms. The Kier molecular flexibility index (Phi) is 5.35. The number of rotatable bonds is 5. The fourth-order valence-electron chi connectivity index (χ4n) is 2.75. The van der Waals surface area contributed by atoms with Crippen LogP contribution in [0.25, 0.3) is 0 Å². The van der Waals surface area contributed by atoms with Crippen LogP contribution in [0.3, 0.4) is 0 Å². The predicted octanol–water partition coefficient (Wildman–Crippen LogP) is 1.97. The number of hydrogen-bond donors (Lipinski definition) is 3. The van der Waals surface area contributed by atoms with E-state index in [1.807, 2.05) is 0 Å². The van der Waals surface area contributed by atoms with E-state index in [0.717, 1.165) is 25.9 Å². The number of anilines is 1. The summed E-state index contributed by atoms with van der Waals surface area (Å²) >= 11 is 0. The number of piperidine rings is 1. The first-order valence-electron chi connectivity index (χ1n) is 8.24. The molecule has 0 bridgehead atoms. The van der Waals surface area contributed by atoms with Crippen molar-refractivity contribution in [3.05, 3.63) is 60.2 Å². The lowest BCUT2D eigenvalue weighted by Crippen LogP contribution is -2.45. The third-order valence-corrected chi connectivity index (χ3v) is 5.48. The monoisotopic (exact) mass is 359 g/mol. The van der Waals surface area contributed by atoms with Gasteiger partial charge in [-0.3, -0.25) is 9.52 Å². The van der Waals surface area contributed by atoms with E-state index in [0.29, 0.717) is 11.3 Å².